The van der Waals surface area contributed by atoms with Crippen LogP contribution in [0.15, 0.2) is 42.5 Å². The predicted octanol–water partition coefficient (Wildman–Crippen LogP) is 3.53. The fourth-order valence-electron chi connectivity index (χ4n) is 2.96. The van der Waals surface area contributed by atoms with E-state index in [9.17, 15) is 22.8 Å². The van der Waals surface area contributed by atoms with Gasteiger partial charge in [0.05, 0.1) is 6.04 Å². The average molecular weight is 453 g/mol. The van der Waals surface area contributed by atoms with Gasteiger partial charge in [-0.25, -0.2) is 4.79 Å². The number of ether oxygens (including phenoxy) is 3. The second-order valence-corrected chi connectivity index (χ2v) is 7.05. The molecule has 0 bridgehead atoms. The van der Waals surface area contributed by atoms with Crippen molar-refractivity contribution in [2.45, 2.75) is 25.9 Å². The van der Waals surface area contributed by atoms with E-state index < -0.39 is 24.3 Å². The maximum absolute atomic E-state index is 12.6. The molecule has 3 rings (SSSR count). The van der Waals surface area contributed by atoms with Gasteiger partial charge < -0.3 is 19.5 Å². The van der Waals surface area contributed by atoms with Gasteiger partial charge in [0.15, 0.2) is 11.5 Å². The summed E-state index contributed by atoms with van der Waals surface area (Å²) in [4.78, 5) is 26.2. The Morgan fingerprint density at radius 2 is 1.81 bits per heavy atom. The minimum absolute atomic E-state index is 0.00931. The molecule has 32 heavy (non-hydrogen) atoms. The number of nitrogens with one attached hydrogen (secondary N) is 2. The van der Waals surface area contributed by atoms with E-state index in [2.05, 4.69) is 15.4 Å². The maximum Gasteiger partial charge on any atom is 0.573 e. The molecule has 3 amide bonds. The van der Waals surface area contributed by atoms with Crippen molar-refractivity contribution in [2.24, 2.45) is 0 Å². The van der Waals surface area contributed by atoms with Gasteiger partial charge in [-0.1, -0.05) is 18.2 Å². The minimum atomic E-state index is -4.83. The number of alkyl halides is 3. The van der Waals surface area contributed by atoms with Gasteiger partial charge in [-0.15, -0.1) is 13.2 Å². The van der Waals surface area contributed by atoms with Crippen LogP contribution in [0, 0.1) is 0 Å². The molecule has 2 N–H and O–H groups in total. The van der Waals surface area contributed by atoms with E-state index in [1.54, 1.807) is 31.3 Å². The summed E-state index contributed by atoms with van der Waals surface area (Å²) in [6.45, 7) is 2.35. The van der Waals surface area contributed by atoms with Gasteiger partial charge in [-0.3, -0.25) is 15.0 Å². The molecular formula is C21H22F3N3O5. The molecule has 1 atom stereocenters. The van der Waals surface area contributed by atoms with E-state index in [1.807, 2.05) is 0 Å². The Bertz CT molecular complexity index is 983. The predicted molar refractivity (Wildman–Crippen MR) is 109 cm³/mol. The van der Waals surface area contributed by atoms with E-state index >= 15 is 0 Å². The second kappa shape index (κ2) is 9.77. The quantitative estimate of drug-likeness (QED) is 0.696. The van der Waals surface area contributed by atoms with Crippen LogP contribution >= 0.6 is 0 Å². The Balaban J connectivity index is 1.57. The highest BCUT2D eigenvalue weighted by Gasteiger charge is 2.32. The van der Waals surface area contributed by atoms with E-state index in [1.165, 1.54) is 30.0 Å². The molecule has 0 aromatic heterocycles. The third kappa shape index (κ3) is 6.27. The zero-order valence-electron chi connectivity index (χ0n) is 17.4. The number of para-hydroxylation sites is 1. The summed E-state index contributed by atoms with van der Waals surface area (Å²) in [7, 11) is 1.55. The van der Waals surface area contributed by atoms with Gasteiger partial charge in [0.25, 0.3) is 0 Å². The zero-order chi connectivity index (χ0) is 23.3. The Hall–Kier alpha value is -3.47. The standard InChI is InChI=1S/C21H22F3N3O5/c1-13(27(2)12-14-5-3-4-6-16(14)32-21(22,23)24)19(28)26-20(29)25-15-7-8-17-18(11-15)31-10-9-30-17/h3-8,11,13H,9-10,12H2,1-2H3,(H2,25,26,28,29). The number of hydrogen-bond donors (Lipinski definition) is 2. The zero-order valence-corrected chi connectivity index (χ0v) is 17.4. The number of imide groups is 1. The number of halogens is 3. The first-order valence-corrected chi connectivity index (χ1v) is 9.68. The number of urea groups is 1. The van der Waals surface area contributed by atoms with Crippen LogP contribution in [0.5, 0.6) is 17.2 Å². The van der Waals surface area contributed by atoms with Gasteiger partial charge in [0.2, 0.25) is 5.91 Å². The highest BCUT2D eigenvalue weighted by atomic mass is 19.4. The molecule has 1 unspecified atom stereocenters. The van der Waals surface area contributed by atoms with Crippen LogP contribution < -0.4 is 24.8 Å². The largest absolute Gasteiger partial charge is 0.573 e. The first-order valence-electron chi connectivity index (χ1n) is 9.68. The van der Waals surface area contributed by atoms with E-state index in [0.717, 1.165) is 0 Å². The van der Waals surface area contributed by atoms with Crippen LogP contribution in [0.2, 0.25) is 0 Å². The summed E-state index contributed by atoms with van der Waals surface area (Å²) >= 11 is 0. The topological polar surface area (TPSA) is 89.1 Å². The number of amides is 3. The number of fused-ring (bicyclic) bond motifs is 1. The number of anilines is 1. The Labute approximate surface area is 182 Å². The Morgan fingerprint density at radius 1 is 1.12 bits per heavy atom. The van der Waals surface area contributed by atoms with E-state index in [4.69, 9.17) is 9.47 Å². The Morgan fingerprint density at radius 3 is 2.53 bits per heavy atom. The maximum atomic E-state index is 12.6. The number of carbonyl (C=O) groups excluding carboxylic acids is 2. The first-order chi connectivity index (χ1) is 15.1. The van der Waals surface area contributed by atoms with E-state index in [-0.39, 0.29) is 17.9 Å². The summed E-state index contributed by atoms with van der Waals surface area (Å²) < 4.78 is 52.7. The fraction of sp³-hybridized carbons (Fsp3) is 0.333. The lowest BCUT2D eigenvalue weighted by Gasteiger charge is -2.25. The molecule has 1 heterocycles. The highest BCUT2D eigenvalue weighted by molar-refractivity contribution is 6.02. The molecule has 1 aliphatic heterocycles. The molecule has 0 aliphatic carbocycles. The van der Waals surface area contributed by atoms with Gasteiger partial charge in [0, 0.05) is 23.9 Å². The molecule has 0 saturated heterocycles. The molecule has 2 aromatic rings. The molecule has 2 aromatic carbocycles. The van der Waals surface area contributed by atoms with E-state index in [0.29, 0.717) is 30.4 Å². The number of rotatable bonds is 6. The van der Waals surface area contributed by atoms with Crippen molar-refractivity contribution < 1.29 is 37.0 Å². The highest BCUT2D eigenvalue weighted by Crippen LogP contribution is 2.32. The molecule has 0 radical (unpaired) electrons. The Kier molecular flexibility index (Phi) is 7.08. The summed E-state index contributed by atoms with van der Waals surface area (Å²) in [6, 6.07) is 8.90. The van der Waals surface area contributed by atoms with Crippen molar-refractivity contribution in [3.63, 3.8) is 0 Å². The van der Waals surface area contributed by atoms with Gasteiger partial charge >= 0.3 is 12.4 Å². The van der Waals surface area contributed by atoms with Crippen LogP contribution in [-0.2, 0) is 11.3 Å². The van der Waals surface area contributed by atoms with Crippen molar-refractivity contribution in [3.8, 4) is 17.2 Å². The van der Waals surface area contributed by atoms with Crippen LogP contribution in [0.25, 0.3) is 0 Å². The summed E-state index contributed by atoms with van der Waals surface area (Å²) in [5.41, 5.74) is 0.645. The van der Waals surface area contributed by atoms with Crippen molar-refractivity contribution in [1.82, 2.24) is 10.2 Å². The van der Waals surface area contributed by atoms with Crippen molar-refractivity contribution in [1.29, 1.82) is 0 Å². The fourth-order valence-corrected chi connectivity index (χ4v) is 2.96. The van der Waals surface area contributed by atoms with Crippen LogP contribution in [-0.4, -0.2) is 49.5 Å². The molecule has 172 valence electrons. The smallest absolute Gasteiger partial charge is 0.486 e. The van der Waals surface area contributed by atoms with Gasteiger partial charge in [0.1, 0.15) is 19.0 Å². The number of nitrogens with zero attached hydrogens (tertiary/aromatic N) is 1. The molecule has 8 nitrogen and oxygen atoms in total. The van der Waals surface area contributed by atoms with Crippen LogP contribution in [0.3, 0.4) is 0 Å². The van der Waals surface area contributed by atoms with Crippen molar-refractivity contribution >= 4 is 17.6 Å². The number of hydrogen-bond acceptors (Lipinski definition) is 6. The number of carbonyl (C=O) groups is 2. The average Bonchev–Trinajstić information content (AvgIpc) is 2.73. The third-order valence-corrected chi connectivity index (χ3v) is 4.70. The lowest BCUT2D eigenvalue weighted by Crippen LogP contribution is -2.46. The van der Waals surface area contributed by atoms with Crippen molar-refractivity contribution in [2.75, 3.05) is 25.6 Å². The van der Waals surface area contributed by atoms with Crippen LogP contribution in [0.4, 0.5) is 23.7 Å². The lowest BCUT2D eigenvalue weighted by atomic mass is 10.1. The number of likely N-dealkylation sites (N-methyl/N-ethyl adjacent to an activating group) is 1. The normalized spacial score (nSPS) is 13.9. The van der Waals surface area contributed by atoms with Crippen molar-refractivity contribution in [3.05, 3.63) is 48.0 Å². The summed E-state index contributed by atoms with van der Waals surface area (Å²) in [5, 5.41) is 4.75. The first kappa shape index (κ1) is 23.2. The molecule has 0 spiro atoms. The monoisotopic (exact) mass is 453 g/mol. The summed E-state index contributed by atoms with van der Waals surface area (Å²) in [5.74, 6) is 0.0594. The molecule has 1 aliphatic rings. The van der Waals surface area contributed by atoms with Gasteiger partial charge in [-0.2, -0.15) is 0 Å². The molecular weight excluding hydrogens is 431 g/mol. The van der Waals surface area contributed by atoms with Crippen LogP contribution in [0.1, 0.15) is 12.5 Å². The second-order valence-electron chi connectivity index (χ2n) is 7.05. The SMILES string of the molecule is CC(C(=O)NC(=O)Nc1ccc2c(c1)OCCO2)N(C)Cc1ccccc1OC(F)(F)F. The number of benzene rings is 2. The van der Waals surface area contributed by atoms with Gasteiger partial charge in [-0.05, 0) is 32.2 Å². The molecule has 0 saturated carbocycles. The lowest BCUT2D eigenvalue weighted by molar-refractivity contribution is -0.275. The molecule has 11 heteroatoms. The summed E-state index contributed by atoms with van der Waals surface area (Å²) in [6.07, 6.45) is -4.83. The molecule has 0 fully saturated rings. The minimum Gasteiger partial charge on any atom is -0.486 e. The third-order valence-electron chi connectivity index (χ3n) is 4.70.